The van der Waals surface area contributed by atoms with E-state index in [0.29, 0.717) is 32.8 Å². The van der Waals surface area contributed by atoms with Crippen LogP contribution in [0.25, 0.3) is 11.4 Å². The van der Waals surface area contributed by atoms with Gasteiger partial charge >= 0.3 is 0 Å². The summed E-state index contributed by atoms with van der Waals surface area (Å²) < 4.78 is 1.50. The lowest BCUT2D eigenvalue weighted by Gasteiger charge is -2.27. The summed E-state index contributed by atoms with van der Waals surface area (Å²) in [6.45, 7) is 1.70. The first-order valence-electron chi connectivity index (χ1n) is 8.70. The monoisotopic (exact) mass is 444 g/mol. The molecule has 2 aromatic carbocycles. The van der Waals surface area contributed by atoms with Crippen LogP contribution >= 0.6 is 23.2 Å². The number of nitrogens with zero attached hydrogens (tertiary/aromatic N) is 4. The van der Waals surface area contributed by atoms with Crippen LogP contribution in [0.2, 0.25) is 10.0 Å². The number of benzene rings is 2. The number of rotatable bonds is 4. The van der Waals surface area contributed by atoms with Gasteiger partial charge in [0, 0.05) is 23.4 Å². The molecule has 9 nitrogen and oxygen atoms in total. The first-order chi connectivity index (χ1) is 14.3. The second-order valence-electron chi connectivity index (χ2n) is 6.62. The molecule has 152 valence electrons. The van der Waals surface area contributed by atoms with Crippen LogP contribution in [0.4, 0.5) is 11.6 Å². The number of allylic oxidation sites excluding steroid dienone is 1. The second kappa shape index (κ2) is 7.43. The number of fused-ring (bicyclic) bond motifs is 1. The Morgan fingerprint density at radius 1 is 1.23 bits per heavy atom. The summed E-state index contributed by atoms with van der Waals surface area (Å²) in [5, 5.41) is 19.3. The van der Waals surface area contributed by atoms with E-state index in [1.165, 1.54) is 16.8 Å². The van der Waals surface area contributed by atoms with Gasteiger partial charge in [0.2, 0.25) is 11.9 Å². The number of nitrogens with one attached hydrogen (secondary N) is 1. The molecule has 3 aromatic rings. The van der Waals surface area contributed by atoms with Gasteiger partial charge in [-0.05, 0) is 24.6 Å². The van der Waals surface area contributed by atoms with Gasteiger partial charge in [-0.15, -0.1) is 5.10 Å². The number of hydrogen-bond donors (Lipinski definition) is 2. The molecule has 0 aliphatic carbocycles. The minimum absolute atomic E-state index is 0.0820. The summed E-state index contributed by atoms with van der Waals surface area (Å²) >= 11 is 12.2. The topological polar surface area (TPSA) is 129 Å². The number of hydrogen-bond acceptors (Lipinski definition) is 6. The summed E-state index contributed by atoms with van der Waals surface area (Å²) in [4.78, 5) is 27.3. The molecule has 11 heteroatoms. The molecule has 1 atom stereocenters. The summed E-state index contributed by atoms with van der Waals surface area (Å²) in [5.74, 6) is -0.0195. The van der Waals surface area contributed by atoms with Crippen molar-refractivity contribution in [3.63, 3.8) is 0 Å². The Kier molecular flexibility index (Phi) is 4.92. The van der Waals surface area contributed by atoms with Crippen molar-refractivity contribution in [3.05, 3.63) is 79.5 Å². The van der Waals surface area contributed by atoms with Crippen molar-refractivity contribution >= 4 is 40.7 Å². The number of carbonyl (C=O) groups is 1. The maximum atomic E-state index is 12.2. The number of primary amides is 1. The summed E-state index contributed by atoms with van der Waals surface area (Å²) in [6, 6.07) is 10.3. The lowest BCUT2D eigenvalue weighted by Crippen LogP contribution is -2.31. The third-order valence-electron chi connectivity index (χ3n) is 4.69. The Balaban J connectivity index is 1.88. The number of non-ortho nitro benzene ring substituents is 1. The highest BCUT2D eigenvalue weighted by Crippen LogP contribution is 2.38. The molecule has 0 saturated heterocycles. The Morgan fingerprint density at radius 2 is 2.00 bits per heavy atom. The molecule has 1 aliphatic heterocycles. The minimum atomic E-state index is -0.700. The van der Waals surface area contributed by atoms with Gasteiger partial charge in [0.05, 0.1) is 20.5 Å². The number of carbonyl (C=O) groups excluding carboxylic acids is 1. The van der Waals surface area contributed by atoms with E-state index in [1.807, 2.05) is 0 Å². The van der Waals surface area contributed by atoms with Gasteiger partial charge in [-0.2, -0.15) is 4.98 Å². The average molecular weight is 445 g/mol. The molecule has 30 heavy (non-hydrogen) atoms. The SMILES string of the molecule is CC1=C(C(N)=O)C(c2ccc(Cl)c(Cl)c2)n2nc(-c3cccc([N+](=O)[O-])c3)nc2N1. The Hall–Kier alpha value is -3.43. The molecular formula is C19H14Cl2N6O3. The van der Waals surface area contributed by atoms with Gasteiger partial charge in [0.1, 0.15) is 6.04 Å². The Morgan fingerprint density at radius 3 is 2.67 bits per heavy atom. The van der Waals surface area contributed by atoms with Crippen molar-refractivity contribution in [1.82, 2.24) is 14.8 Å². The van der Waals surface area contributed by atoms with Gasteiger partial charge in [-0.3, -0.25) is 14.9 Å². The maximum absolute atomic E-state index is 12.2. The lowest BCUT2D eigenvalue weighted by atomic mass is 9.95. The van der Waals surface area contributed by atoms with Gasteiger partial charge in [0.25, 0.3) is 5.69 Å². The van der Waals surface area contributed by atoms with E-state index in [0.717, 1.165) is 0 Å². The van der Waals surface area contributed by atoms with Crippen LogP contribution in [0, 0.1) is 10.1 Å². The fraction of sp³-hybridized carbons (Fsp3) is 0.105. The molecular weight excluding hydrogens is 431 g/mol. The predicted octanol–water partition coefficient (Wildman–Crippen LogP) is 3.93. The number of halogens is 2. The molecule has 3 N–H and O–H groups in total. The molecule has 0 spiro atoms. The highest BCUT2D eigenvalue weighted by Gasteiger charge is 2.33. The van der Waals surface area contributed by atoms with E-state index in [-0.39, 0.29) is 17.1 Å². The van der Waals surface area contributed by atoms with Crippen molar-refractivity contribution in [3.8, 4) is 11.4 Å². The fourth-order valence-electron chi connectivity index (χ4n) is 3.34. The van der Waals surface area contributed by atoms with E-state index >= 15 is 0 Å². The minimum Gasteiger partial charge on any atom is -0.366 e. The Bertz CT molecular complexity index is 1240. The smallest absolute Gasteiger partial charge is 0.270 e. The van der Waals surface area contributed by atoms with Gasteiger partial charge in [-0.25, -0.2) is 4.68 Å². The van der Waals surface area contributed by atoms with Crippen molar-refractivity contribution in [1.29, 1.82) is 0 Å². The third-order valence-corrected chi connectivity index (χ3v) is 5.43. The first kappa shape index (κ1) is 19.9. The standard InChI is InChI=1S/C19H14Cl2N6O3/c1-9-15(17(22)28)16(10-5-6-13(20)14(21)8-10)26-19(23-9)24-18(25-26)11-3-2-4-12(7-11)27(29)30/h2-8,16H,1H3,(H2,22,28)(H,23,24,25). The molecule has 1 amide bonds. The summed E-state index contributed by atoms with van der Waals surface area (Å²) in [6.07, 6.45) is 0. The van der Waals surface area contributed by atoms with Gasteiger partial charge in [-0.1, -0.05) is 41.4 Å². The van der Waals surface area contributed by atoms with Gasteiger partial charge in [0.15, 0.2) is 5.82 Å². The molecule has 1 aromatic heterocycles. The van der Waals surface area contributed by atoms with Crippen molar-refractivity contribution < 1.29 is 9.72 Å². The third kappa shape index (κ3) is 3.38. The highest BCUT2D eigenvalue weighted by atomic mass is 35.5. The summed E-state index contributed by atoms with van der Waals surface area (Å²) in [7, 11) is 0. The predicted molar refractivity (Wildman–Crippen MR) is 112 cm³/mol. The van der Waals surface area contributed by atoms with Crippen LogP contribution in [0.3, 0.4) is 0 Å². The van der Waals surface area contributed by atoms with Crippen LogP contribution in [0.1, 0.15) is 18.5 Å². The zero-order valence-corrected chi connectivity index (χ0v) is 17.0. The number of nitrogens with two attached hydrogens (primary N) is 1. The molecule has 2 heterocycles. The number of amides is 1. The van der Waals surface area contributed by atoms with Crippen LogP contribution in [-0.2, 0) is 4.79 Å². The van der Waals surface area contributed by atoms with E-state index < -0.39 is 16.9 Å². The largest absolute Gasteiger partial charge is 0.366 e. The van der Waals surface area contributed by atoms with E-state index in [4.69, 9.17) is 28.9 Å². The normalized spacial score (nSPS) is 15.5. The second-order valence-corrected chi connectivity index (χ2v) is 7.43. The van der Waals surface area contributed by atoms with Crippen molar-refractivity contribution in [2.75, 3.05) is 5.32 Å². The fourth-order valence-corrected chi connectivity index (χ4v) is 3.65. The first-order valence-corrected chi connectivity index (χ1v) is 9.45. The number of nitro groups is 1. The molecule has 0 radical (unpaired) electrons. The van der Waals surface area contributed by atoms with Crippen LogP contribution in [0.15, 0.2) is 53.7 Å². The van der Waals surface area contributed by atoms with Crippen LogP contribution in [0.5, 0.6) is 0 Å². The van der Waals surface area contributed by atoms with E-state index in [1.54, 1.807) is 37.3 Å². The molecule has 0 bridgehead atoms. The highest BCUT2D eigenvalue weighted by molar-refractivity contribution is 6.42. The summed E-state index contributed by atoms with van der Waals surface area (Å²) in [5.41, 5.74) is 7.47. The zero-order chi connectivity index (χ0) is 21.6. The molecule has 1 unspecified atom stereocenters. The zero-order valence-electron chi connectivity index (χ0n) is 15.5. The maximum Gasteiger partial charge on any atom is 0.270 e. The quantitative estimate of drug-likeness (QED) is 0.463. The van der Waals surface area contributed by atoms with E-state index in [9.17, 15) is 14.9 Å². The molecule has 1 aliphatic rings. The van der Waals surface area contributed by atoms with Crippen LogP contribution < -0.4 is 11.1 Å². The number of anilines is 1. The molecule has 0 fully saturated rings. The van der Waals surface area contributed by atoms with E-state index in [2.05, 4.69) is 15.4 Å². The van der Waals surface area contributed by atoms with Gasteiger partial charge < -0.3 is 11.1 Å². The van der Waals surface area contributed by atoms with Crippen LogP contribution in [-0.4, -0.2) is 25.6 Å². The number of aromatic nitrogens is 3. The van der Waals surface area contributed by atoms with Crippen molar-refractivity contribution in [2.45, 2.75) is 13.0 Å². The number of nitro benzene ring substituents is 1. The van der Waals surface area contributed by atoms with Crippen molar-refractivity contribution in [2.24, 2.45) is 5.73 Å². The average Bonchev–Trinajstić information content (AvgIpc) is 3.12. The Labute approximate surface area is 180 Å². The molecule has 0 saturated carbocycles. The lowest BCUT2D eigenvalue weighted by molar-refractivity contribution is -0.384. The molecule has 4 rings (SSSR count).